The number of benzene rings is 1. The van der Waals surface area contributed by atoms with Crippen molar-refractivity contribution in [3.63, 3.8) is 0 Å². The van der Waals surface area contributed by atoms with Crippen LogP contribution in [0.1, 0.15) is 18.7 Å². The standard InChI is InChI=1S/C18H21N5O4/c1-10-14(24)15(25)18(27-10)23-9-22-13-16(20-8-21-17(13)23)19-7-11-4-3-5-12(6-11)26-2/h3-6,8-10,14-15,18,24-25H,7H2,1-2H3,(H,19,20,21)/t10-,14-,15-,18-/m1/s1. The zero-order valence-corrected chi connectivity index (χ0v) is 15.0. The maximum atomic E-state index is 10.2. The molecular weight excluding hydrogens is 350 g/mol. The number of ether oxygens (including phenoxy) is 2. The second-order valence-electron chi connectivity index (χ2n) is 6.46. The molecule has 1 aliphatic heterocycles. The second kappa shape index (κ2) is 7.10. The second-order valence-corrected chi connectivity index (χ2v) is 6.46. The molecule has 4 rings (SSSR count). The summed E-state index contributed by atoms with van der Waals surface area (Å²) in [5.74, 6) is 1.36. The molecule has 9 heteroatoms. The average Bonchev–Trinajstić information content (AvgIpc) is 3.23. The van der Waals surface area contributed by atoms with Crippen LogP contribution in [0.2, 0.25) is 0 Å². The van der Waals surface area contributed by atoms with E-state index in [1.54, 1.807) is 18.6 Å². The average molecular weight is 371 g/mol. The zero-order valence-electron chi connectivity index (χ0n) is 15.0. The molecule has 142 valence electrons. The van der Waals surface area contributed by atoms with Crippen LogP contribution in [0.25, 0.3) is 11.2 Å². The molecule has 4 atom stereocenters. The van der Waals surface area contributed by atoms with E-state index in [4.69, 9.17) is 9.47 Å². The summed E-state index contributed by atoms with van der Waals surface area (Å²) in [4.78, 5) is 12.9. The van der Waals surface area contributed by atoms with Crippen LogP contribution < -0.4 is 10.1 Å². The first-order chi connectivity index (χ1) is 13.1. The lowest BCUT2D eigenvalue weighted by atomic mass is 10.1. The number of methoxy groups -OCH3 is 1. The summed E-state index contributed by atoms with van der Waals surface area (Å²) < 4.78 is 12.5. The van der Waals surface area contributed by atoms with E-state index in [-0.39, 0.29) is 0 Å². The van der Waals surface area contributed by atoms with Gasteiger partial charge in [0.1, 0.15) is 24.3 Å². The van der Waals surface area contributed by atoms with Crippen molar-refractivity contribution < 1.29 is 19.7 Å². The van der Waals surface area contributed by atoms with Crippen LogP contribution >= 0.6 is 0 Å². The molecule has 0 amide bonds. The summed E-state index contributed by atoms with van der Waals surface area (Å²) in [5.41, 5.74) is 2.11. The summed E-state index contributed by atoms with van der Waals surface area (Å²) in [6, 6.07) is 7.73. The first-order valence-electron chi connectivity index (χ1n) is 8.64. The van der Waals surface area contributed by atoms with Gasteiger partial charge in [-0.2, -0.15) is 0 Å². The lowest BCUT2D eigenvalue weighted by Crippen LogP contribution is -2.30. The third-order valence-electron chi connectivity index (χ3n) is 4.70. The van der Waals surface area contributed by atoms with Crippen LogP contribution in [-0.4, -0.2) is 55.2 Å². The Labute approximate surface area is 155 Å². The number of imidazole rings is 1. The SMILES string of the molecule is COc1cccc(CNc2ncnc3c2ncn3[C@@H]2O[C@H](C)[C@@H](O)[C@H]2O)c1. The molecule has 1 aromatic carbocycles. The van der Waals surface area contributed by atoms with Gasteiger partial charge in [0.2, 0.25) is 0 Å². The molecule has 9 nitrogen and oxygen atoms in total. The van der Waals surface area contributed by atoms with E-state index in [1.165, 1.54) is 12.7 Å². The highest BCUT2D eigenvalue weighted by Gasteiger charge is 2.42. The molecule has 2 aromatic heterocycles. The van der Waals surface area contributed by atoms with Gasteiger partial charge >= 0.3 is 0 Å². The molecule has 0 bridgehead atoms. The molecule has 3 aromatic rings. The Bertz CT molecular complexity index is 946. The van der Waals surface area contributed by atoms with E-state index in [1.807, 2.05) is 24.3 Å². The summed E-state index contributed by atoms with van der Waals surface area (Å²) in [5, 5.41) is 23.4. The third kappa shape index (κ3) is 3.20. The number of hydrogen-bond acceptors (Lipinski definition) is 8. The van der Waals surface area contributed by atoms with Crippen LogP contribution in [0.3, 0.4) is 0 Å². The van der Waals surface area contributed by atoms with Gasteiger partial charge in [0.25, 0.3) is 0 Å². The molecule has 3 heterocycles. The number of nitrogens with zero attached hydrogens (tertiary/aromatic N) is 4. The van der Waals surface area contributed by atoms with Gasteiger partial charge < -0.3 is 25.0 Å². The minimum Gasteiger partial charge on any atom is -0.497 e. The third-order valence-corrected chi connectivity index (χ3v) is 4.70. The van der Waals surface area contributed by atoms with E-state index in [0.717, 1.165) is 11.3 Å². The van der Waals surface area contributed by atoms with Gasteiger partial charge in [-0.05, 0) is 24.6 Å². The van der Waals surface area contributed by atoms with Crippen molar-refractivity contribution in [1.82, 2.24) is 19.5 Å². The van der Waals surface area contributed by atoms with Crippen molar-refractivity contribution in [3.05, 3.63) is 42.5 Å². The fourth-order valence-corrected chi connectivity index (χ4v) is 3.19. The largest absolute Gasteiger partial charge is 0.497 e. The van der Waals surface area contributed by atoms with Crippen molar-refractivity contribution >= 4 is 17.0 Å². The van der Waals surface area contributed by atoms with Crippen molar-refractivity contribution in [2.24, 2.45) is 0 Å². The molecule has 1 saturated heterocycles. The van der Waals surface area contributed by atoms with Crippen LogP contribution in [0, 0.1) is 0 Å². The van der Waals surface area contributed by atoms with Crippen molar-refractivity contribution in [2.75, 3.05) is 12.4 Å². The lowest BCUT2D eigenvalue weighted by Gasteiger charge is -2.16. The highest BCUT2D eigenvalue weighted by atomic mass is 16.6. The molecule has 0 unspecified atom stereocenters. The number of hydrogen-bond donors (Lipinski definition) is 3. The molecule has 27 heavy (non-hydrogen) atoms. The highest BCUT2D eigenvalue weighted by molar-refractivity contribution is 5.82. The molecule has 0 spiro atoms. The van der Waals surface area contributed by atoms with Crippen LogP contribution in [0.15, 0.2) is 36.9 Å². The summed E-state index contributed by atoms with van der Waals surface area (Å²) in [6.45, 7) is 2.25. The van der Waals surface area contributed by atoms with Crippen molar-refractivity contribution in [2.45, 2.75) is 38.0 Å². The molecule has 0 saturated carbocycles. The molecule has 0 aliphatic carbocycles. The normalized spacial score (nSPS) is 25.0. The van der Waals surface area contributed by atoms with E-state index in [0.29, 0.717) is 23.5 Å². The fourth-order valence-electron chi connectivity index (χ4n) is 3.19. The predicted molar refractivity (Wildman–Crippen MR) is 97.2 cm³/mol. The Morgan fingerprint density at radius 2 is 2.07 bits per heavy atom. The van der Waals surface area contributed by atoms with Crippen molar-refractivity contribution in [3.8, 4) is 5.75 Å². The first-order valence-corrected chi connectivity index (χ1v) is 8.64. The lowest BCUT2D eigenvalue weighted by molar-refractivity contribution is -0.0299. The van der Waals surface area contributed by atoms with Gasteiger partial charge in [-0.3, -0.25) is 4.57 Å². The van der Waals surface area contributed by atoms with Gasteiger partial charge in [0.05, 0.1) is 19.5 Å². The number of aliphatic hydroxyl groups is 2. The van der Waals surface area contributed by atoms with Crippen LogP contribution in [0.4, 0.5) is 5.82 Å². The predicted octanol–water partition coefficient (Wildman–Crippen LogP) is 1.09. The number of aliphatic hydroxyl groups excluding tert-OH is 2. The summed E-state index contributed by atoms with van der Waals surface area (Å²) >= 11 is 0. The number of anilines is 1. The summed E-state index contributed by atoms with van der Waals surface area (Å²) in [6.07, 6.45) is -0.277. The van der Waals surface area contributed by atoms with Crippen LogP contribution in [-0.2, 0) is 11.3 Å². The van der Waals surface area contributed by atoms with Gasteiger partial charge in [-0.1, -0.05) is 12.1 Å². The topological polar surface area (TPSA) is 115 Å². The minimum atomic E-state index is -1.06. The molecule has 1 fully saturated rings. The van der Waals surface area contributed by atoms with Gasteiger partial charge in [-0.15, -0.1) is 0 Å². The minimum absolute atomic E-state index is 0.477. The number of nitrogens with one attached hydrogen (secondary N) is 1. The Kier molecular flexibility index (Phi) is 4.65. The van der Waals surface area contributed by atoms with E-state index in [9.17, 15) is 10.2 Å². The Morgan fingerprint density at radius 1 is 1.22 bits per heavy atom. The highest BCUT2D eigenvalue weighted by Crippen LogP contribution is 2.32. The molecule has 0 radical (unpaired) electrons. The van der Waals surface area contributed by atoms with E-state index >= 15 is 0 Å². The smallest absolute Gasteiger partial charge is 0.167 e. The Morgan fingerprint density at radius 3 is 2.81 bits per heavy atom. The van der Waals surface area contributed by atoms with E-state index in [2.05, 4.69) is 20.3 Å². The van der Waals surface area contributed by atoms with Gasteiger partial charge in [-0.25, -0.2) is 15.0 Å². The molecule has 1 aliphatic rings. The molecule has 3 N–H and O–H groups in total. The Balaban J connectivity index is 1.59. The number of fused-ring (bicyclic) bond motifs is 1. The maximum Gasteiger partial charge on any atom is 0.167 e. The zero-order chi connectivity index (χ0) is 19.0. The Hall–Kier alpha value is -2.75. The van der Waals surface area contributed by atoms with Gasteiger partial charge in [0, 0.05) is 6.54 Å². The number of aromatic nitrogens is 4. The monoisotopic (exact) mass is 371 g/mol. The first kappa shape index (κ1) is 17.7. The summed E-state index contributed by atoms with van der Waals surface area (Å²) in [7, 11) is 1.63. The van der Waals surface area contributed by atoms with Crippen molar-refractivity contribution in [1.29, 1.82) is 0 Å². The van der Waals surface area contributed by atoms with E-state index < -0.39 is 24.5 Å². The number of rotatable bonds is 5. The van der Waals surface area contributed by atoms with Crippen LogP contribution in [0.5, 0.6) is 5.75 Å². The maximum absolute atomic E-state index is 10.2. The fraction of sp³-hybridized carbons (Fsp3) is 0.389. The molecular formula is C18H21N5O4. The van der Waals surface area contributed by atoms with Gasteiger partial charge in [0.15, 0.2) is 23.2 Å². The quantitative estimate of drug-likeness (QED) is 0.611.